The topological polar surface area (TPSA) is 73.1 Å². The van der Waals surface area contributed by atoms with Gasteiger partial charge in [-0.25, -0.2) is 0 Å². The van der Waals surface area contributed by atoms with Crippen LogP contribution in [0.15, 0.2) is 18.2 Å². The van der Waals surface area contributed by atoms with Gasteiger partial charge in [0.2, 0.25) is 0 Å². The van der Waals surface area contributed by atoms with Gasteiger partial charge in [-0.2, -0.15) is 18.4 Å². The molecule has 0 amide bonds. The number of hydrogen-bond donors (Lipinski definition) is 2. The number of carboxylic acid groups (broad SMARTS) is 1. The van der Waals surface area contributed by atoms with Crippen molar-refractivity contribution < 1.29 is 23.1 Å². The average molecular weight is 286 g/mol. The molecule has 1 atom stereocenters. The fourth-order valence-corrected chi connectivity index (χ4v) is 1.66. The zero-order valence-corrected chi connectivity index (χ0v) is 10.7. The number of anilines is 1. The smallest absolute Gasteiger partial charge is 0.417 e. The number of halogens is 3. The van der Waals surface area contributed by atoms with Crippen LogP contribution < -0.4 is 5.32 Å². The molecule has 0 bridgehead atoms. The van der Waals surface area contributed by atoms with Crippen molar-refractivity contribution in [2.45, 2.75) is 32.0 Å². The molecular weight excluding hydrogens is 273 g/mol. The summed E-state index contributed by atoms with van der Waals surface area (Å²) in [6.45, 7) is 1.68. The third-order valence-corrected chi connectivity index (χ3v) is 2.65. The lowest BCUT2D eigenvalue weighted by Crippen LogP contribution is -2.17. The monoisotopic (exact) mass is 286 g/mol. The second-order valence-corrected chi connectivity index (χ2v) is 4.35. The number of rotatable bonds is 5. The van der Waals surface area contributed by atoms with Gasteiger partial charge in [-0.1, -0.05) is 0 Å². The Morgan fingerprint density at radius 2 is 2.15 bits per heavy atom. The lowest BCUT2D eigenvalue weighted by atomic mass is 10.1. The summed E-state index contributed by atoms with van der Waals surface area (Å²) < 4.78 is 38.3. The predicted octanol–water partition coefficient (Wildman–Crippen LogP) is 3.24. The molecule has 1 aromatic carbocycles. The lowest BCUT2D eigenvalue weighted by molar-refractivity contribution is -0.138. The van der Waals surface area contributed by atoms with Gasteiger partial charge in [0.05, 0.1) is 17.2 Å². The predicted molar refractivity (Wildman–Crippen MR) is 66.1 cm³/mol. The van der Waals surface area contributed by atoms with Crippen LogP contribution in [-0.4, -0.2) is 17.1 Å². The largest absolute Gasteiger partial charge is 0.481 e. The van der Waals surface area contributed by atoms with Crippen molar-refractivity contribution in [2.75, 3.05) is 5.32 Å². The van der Waals surface area contributed by atoms with Crippen LogP contribution in [-0.2, 0) is 11.0 Å². The molecule has 0 aliphatic rings. The minimum Gasteiger partial charge on any atom is -0.481 e. The van der Waals surface area contributed by atoms with E-state index in [1.165, 1.54) is 12.1 Å². The number of nitrogens with one attached hydrogen (secondary N) is 1. The van der Waals surface area contributed by atoms with Gasteiger partial charge in [0.15, 0.2) is 0 Å². The summed E-state index contributed by atoms with van der Waals surface area (Å²) in [5.74, 6) is -0.963. The second kappa shape index (κ2) is 6.28. The lowest BCUT2D eigenvalue weighted by Gasteiger charge is -2.16. The zero-order chi connectivity index (χ0) is 15.3. The van der Waals surface area contributed by atoms with Crippen molar-refractivity contribution in [3.8, 4) is 6.07 Å². The molecule has 0 aliphatic heterocycles. The number of carbonyl (C=O) groups is 1. The maximum atomic E-state index is 12.8. The van der Waals surface area contributed by atoms with Crippen molar-refractivity contribution in [1.82, 2.24) is 0 Å². The van der Waals surface area contributed by atoms with Crippen LogP contribution in [0.5, 0.6) is 0 Å². The van der Waals surface area contributed by atoms with Crippen LogP contribution in [0.2, 0.25) is 0 Å². The highest BCUT2D eigenvalue weighted by atomic mass is 19.4. The summed E-state index contributed by atoms with van der Waals surface area (Å²) in [6, 6.07) is 4.52. The molecule has 108 valence electrons. The molecule has 4 nitrogen and oxygen atoms in total. The van der Waals surface area contributed by atoms with Crippen LogP contribution >= 0.6 is 0 Å². The van der Waals surface area contributed by atoms with Crippen LogP contribution in [0.4, 0.5) is 18.9 Å². The van der Waals surface area contributed by atoms with Crippen molar-refractivity contribution >= 4 is 11.7 Å². The number of nitriles is 1. The Morgan fingerprint density at radius 1 is 1.50 bits per heavy atom. The van der Waals surface area contributed by atoms with E-state index in [4.69, 9.17) is 10.4 Å². The zero-order valence-electron chi connectivity index (χ0n) is 10.7. The van der Waals surface area contributed by atoms with E-state index in [2.05, 4.69) is 5.32 Å². The number of nitrogens with zero attached hydrogens (tertiary/aromatic N) is 1. The van der Waals surface area contributed by atoms with Gasteiger partial charge >= 0.3 is 12.1 Å². The molecule has 1 unspecified atom stereocenters. The fourth-order valence-electron chi connectivity index (χ4n) is 1.66. The van der Waals surface area contributed by atoms with Gasteiger partial charge in [-0.05, 0) is 31.5 Å². The highest BCUT2D eigenvalue weighted by Gasteiger charge is 2.33. The standard InChI is InChI=1S/C13H13F3N2O2/c1-8(2-5-12(19)20)18-10-4-3-9(7-17)11(6-10)13(14,15)16/h3-4,6,8,18H,2,5H2,1H3,(H,19,20). The molecule has 0 aromatic heterocycles. The molecule has 0 fully saturated rings. The highest BCUT2D eigenvalue weighted by molar-refractivity contribution is 5.66. The number of hydrogen-bond acceptors (Lipinski definition) is 3. The third-order valence-electron chi connectivity index (χ3n) is 2.65. The first-order valence-corrected chi connectivity index (χ1v) is 5.83. The fraction of sp³-hybridized carbons (Fsp3) is 0.385. The van der Waals surface area contributed by atoms with Gasteiger partial charge in [-0.15, -0.1) is 0 Å². The highest BCUT2D eigenvalue weighted by Crippen LogP contribution is 2.33. The minimum atomic E-state index is -4.60. The molecule has 0 saturated heterocycles. The molecule has 0 saturated carbocycles. The van der Waals surface area contributed by atoms with E-state index in [0.29, 0.717) is 0 Å². The maximum Gasteiger partial charge on any atom is 0.417 e. The summed E-state index contributed by atoms with van der Waals surface area (Å²) in [7, 11) is 0. The van der Waals surface area contributed by atoms with E-state index in [-0.39, 0.29) is 24.6 Å². The van der Waals surface area contributed by atoms with Crippen molar-refractivity contribution in [1.29, 1.82) is 5.26 Å². The van der Waals surface area contributed by atoms with Gasteiger partial charge in [-0.3, -0.25) is 4.79 Å². The van der Waals surface area contributed by atoms with Gasteiger partial charge in [0, 0.05) is 18.2 Å². The van der Waals surface area contributed by atoms with Gasteiger partial charge < -0.3 is 10.4 Å². The Morgan fingerprint density at radius 3 is 2.65 bits per heavy atom. The summed E-state index contributed by atoms with van der Waals surface area (Å²) in [5, 5.41) is 20.0. The van der Waals surface area contributed by atoms with Crippen molar-refractivity contribution in [3.63, 3.8) is 0 Å². The number of alkyl halides is 3. The number of carboxylic acids is 1. The quantitative estimate of drug-likeness (QED) is 0.871. The third kappa shape index (κ3) is 4.46. The normalized spacial score (nSPS) is 12.6. The van der Waals surface area contributed by atoms with E-state index < -0.39 is 23.3 Å². The second-order valence-electron chi connectivity index (χ2n) is 4.35. The average Bonchev–Trinajstić information content (AvgIpc) is 2.35. The molecule has 0 spiro atoms. The van der Waals surface area contributed by atoms with Crippen LogP contribution in [0.3, 0.4) is 0 Å². The molecule has 2 N–H and O–H groups in total. The SMILES string of the molecule is CC(CCC(=O)O)Nc1ccc(C#N)c(C(F)(F)F)c1. The minimum absolute atomic E-state index is 0.0728. The van der Waals surface area contributed by atoms with E-state index in [0.717, 1.165) is 12.1 Å². The van der Waals surface area contributed by atoms with Crippen LogP contribution in [0.1, 0.15) is 30.9 Å². The number of benzene rings is 1. The summed E-state index contributed by atoms with van der Waals surface area (Å²) in [6.07, 6.45) is -4.39. The Balaban J connectivity index is 2.88. The van der Waals surface area contributed by atoms with E-state index in [1.54, 1.807) is 6.92 Å². The van der Waals surface area contributed by atoms with Crippen molar-refractivity contribution in [2.24, 2.45) is 0 Å². The van der Waals surface area contributed by atoms with Crippen LogP contribution in [0.25, 0.3) is 0 Å². The Hall–Kier alpha value is -2.23. The molecule has 1 aromatic rings. The first-order valence-electron chi connectivity index (χ1n) is 5.83. The van der Waals surface area contributed by atoms with Crippen molar-refractivity contribution in [3.05, 3.63) is 29.3 Å². The Kier molecular flexibility index (Phi) is 4.97. The molecule has 0 heterocycles. The molecule has 0 aliphatic carbocycles. The van der Waals surface area contributed by atoms with Gasteiger partial charge in [0.1, 0.15) is 0 Å². The molecular formula is C13H13F3N2O2. The summed E-state index contributed by atoms with van der Waals surface area (Å²) in [4.78, 5) is 10.4. The maximum absolute atomic E-state index is 12.8. The molecule has 7 heteroatoms. The Bertz CT molecular complexity index is 535. The molecule has 1 rings (SSSR count). The molecule has 0 radical (unpaired) electrons. The Labute approximate surface area is 113 Å². The van der Waals surface area contributed by atoms with E-state index in [1.807, 2.05) is 0 Å². The summed E-state index contributed by atoms with van der Waals surface area (Å²) >= 11 is 0. The van der Waals surface area contributed by atoms with E-state index in [9.17, 15) is 18.0 Å². The number of aliphatic carboxylic acids is 1. The molecule has 20 heavy (non-hydrogen) atoms. The van der Waals surface area contributed by atoms with Crippen LogP contribution in [0, 0.1) is 11.3 Å². The summed E-state index contributed by atoms with van der Waals surface area (Å²) in [5.41, 5.74) is -1.24. The first-order chi connectivity index (χ1) is 9.24. The van der Waals surface area contributed by atoms with E-state index >= 15 is 0 Å². The first kappa shape index (κ1) is 15.8. The van der Waals surface area contributed by atoms with Gasteiger partial charge in [0.25, 0.3) is 0 Å².